The van der Waals surface area contributed by atoms with Gasteiger partial charge in [-0.25, -0.2) is 19.3 Å². The number of rotatable bonds is 9. The van der Waals surface area contributed by atoms with Crippen LogP contribution in [0.4, 0.5) is 14.7 Å². The monoisotopic (exact) mass is 492 g/mol. The molecule has 0 amide bonds. The van der Waals surface area contributed by atoms with E-state index in [9.17, 15) is 8.78 Å². The van der Waals surface area contributed by atoms with Crippen molar-refractivity contribution in [2.75, 3.05) is 18.4 Å². The molecule has 178 valence electrons. The van der Waals surface area contributed by atoms with Gasteiger partial charge in [0, 0.05) is 41.8 Å². The average Bonchev–Trinajstić information content (AvgIpc) is 3.54. The molecule has 0 aliphatic carbocycles. The van der Waals surface area contributed by atoms with Crippen molar-refractivity contribution in [1.29, 1.82) is 0 Å². The van der Waals surface area contributed by atoms with Gasteiger partial charge in [0.25, 0.3) is 0 Å². The smallest absolute Gasteiger partial charge is 0.223 e. The van der Waals surface area contributed by atoms with Gasteiger partial charge in [-0.2, -0.15) is 4.39 Å². The molecule has 0 bridgehead atoms. The van der Waals surface area contributed by atoms with E-state index in [0.29, 0.717) is 30.5 Å². The van der Waals surface area contributed by atoms with Crippen LogP contribution in [0.5, 0.6) is 0 Å². The molecular weight excluding hydrogens is 470 g/mol. The summed E-state index contributed by atoms with van der Waals surface area (Å²) in [4.78, 5) is 13.0. The van der Waals surface area contributed by atoms with Crippen LogP contribution in [-0.4, -0.2) is 43.0 Å². The number of hydrogen-bond donors (Lipinski definition) is 2. The van der Waals surface area contributed by atoms with E-state index < -0.39 is 11.8 Å². The van der Waals surface area contributed by atoms with Crippen LogP contribution < -0.4 is 10.6 Å². The molecule has 1 aromatic carbocycles. The summed E-state index contributed by atoms with van der Waals surface area (Å²) in [5, 5.41) is 15.0. The predicted molar refractivity (Wildman–Crippen MR) is 132 cm³/mol. The van der Waals surface area contributed by atoms with Crippen molar-refractivity contribution in [1.82, 2.24) is 35.3 Å². The lowest BCUT2D eigenvalue weighted by Gasteiger charge is -2.11. The zero-order valence-electron chi connectivity index (χ0n) is 18.9. The highest BCUT2D eigenvalue weighted by molar-refractivity contribution is 7.22. The van der Waals surface area contributed by atoms with Crippen LogP contribution >= 0.6 is 11.3 Å². The first-order valence-corrected chi connectivity index (χ1v) is 11.9. The summed E-state index contributed by atoms with van der Waals surface area (Å²) in [5.41, 5.74) is 2.73. The van der Waals surface area contributed by atoms with Crippen LogP contribution in [0, 0.1) is 11.8 Å². The molecule has 0 saturated heterocycles. The van der Waals surface area contributed by atoms with Gasteiger partial charge in [-0.15, -0.1) is 16.4 Å². The highest BCUT2D eigenvalue weighted by Crippen LogP contribution is 2.40. The topological polar surface area (TPSA) is 93.4 Å². The van der Waals surface area contributed by atoms with Crippen LogP contribution in [0.1, 0.15) is 12.5 Å². The Morgan fingerprint density at radius 3 is 2.83 bits per heavy atom. The van der Waals surface area contributed by atoms with Crippen molar-refractivity contribution >= 4 is 27.4 Å². The number of hydrogen-bond acceptors (Lipinski definition) is 8. The van der Waals surface area contributed by atoms with Crippen LogP contribution in [0.15, 0.2) is 55.1 Å². The number of fused-ring (bicyclic) bond motifs is 1. The zero-order valence-corrected chi connectivity index (χ0v) is 19.7. The van der Waals surface area contributed by atoms with Crippen molar-refractivity contribution < 1.29 is 8.78 Å². The van der Waals surface area contributed by atoms with Crippen molar-refractivity contribution in [3.8, 4) is 21.7 Å². The normalized spacial score (nSPS) is 11.3. The summed E-state index contributed by atoms with van der Waals surface area (Å²) in [6.07, 6.45) is 6.08. The number of pyridine rings is 1. The summed E-state index contributed by atoms with van der Waals surface area (Å²) in [7, 11) is 0. The van der Waals surface area contributed by atoms with Crippen LogP contribution in [0.3, 0.4) is 0 Å². The molecule has 0 radical (unpaired) electrons. The fourth-order valence-corrected chi connectivity index (χ4v) is 4.94. The first-order chi connectivity index (χ1) is 17.1. The third-order valence-electron chi connectivity index (χ3n) is 5.43. The molecule has 4 heterocycles. The molecule has 4 aromatic heterocycles. The Kier molecular flexibility index (Phi) is 6.68. The molecule has 0 saturated carbocycles. The molecular formula is C24H22F2N8S. The fraction of sp³-hybridized carbons (Fsp3) is 0.208. The van der Waals surface area contributed by atoms with Gasteiger partial charge in [0.2, 0.25) is 11.9 Å². The van der Waals surface area contributed by atoms with Crippen molar-refractivity contribution in [2.45, 2.75) is 20.0 Å². The molecule has 0 aliphatic rings. The maximum Gasteiger partial charge on any atom is 0.223 e. The fourth-order valence-electron chi connectivity index (χ4n) is 3.76. The SMILES string of the molecule is CCNCc1cnc(F)cc1-c1cccc2cc(-c3nc(NCCn4ccnn4)ncc3F)sc12. The minimum atomic E-state index is -0.544. The van der Waals surface area contributed by atoms with Gasteiger partial charge >= 0.3 is 0 Å². The molecule has 0 fully saturated rings. The molecule has 2 N–H and O–H groups in total. The molecule has 0 unspecified atom stereocenters. The summed E-state index contributed by atoms with van der Waals surface area (Å²) in [5.74, 6) is -0.733. The Labute approximate surface area is 204 Å². The summed E-state index contributed by atoms with van der Waals surface area (Å²) in [6.45, 7) is 4.44. The predicted octanol–water partition coefficient (Wildman–Crippen LogP) is 4.51. The highest BCUT2D eigenvalue weighted by atomic mass is 32.1. The van der Waals surface area contributed by atoms with E-state index in [0.717, 1.165) is 39.5 Å². The van der Waals surface area contributed by atoms with Gasteiger partial charge in [-0.05, 0) is 29.1 Å². The molecule has 0 atom stereocenters. The maximum absolute atomic E-state index is 14.8. The molecule has 5 aromatic rings. The number of aromatic nitrogens is 6. The van der Waals surface area contributed by atoms with Gasteiger partial charge in [-0.3, -0.25) is 4.68 Å². The number of nitrogens with one attached hydrogen (secondary N) is 2. The summed E-state index contributed by atoms with van der Waals surface area (Å²) in [6, 6.07) is 9.16. The third kappa shape index (κ3) is 5.00. The highest BCUT2D eigenvalue weighted by Gasteiger charge is 2.17. The van der Waals surface area contributed by atoms with E-state index in [4.69, 9.17) is 0 Å². The van der Waals surface area contributed by atoms with E-state index in [1.807, 2.05) is 31.2 Å². The Hall–Kier alpha value is -3.83. The Morgan fingerprint density at radius 1 is 1.09 bits per heavy atom. The molecule has 11 heteroatoms. The van der Waals surface area contributed by atoms with E-state index >= 15 is 0 Å². The summed E-state index contributed by atoms with van der Waals surface area (Å²) < 4.78 is 31.5. The number of nitrogens with zero attached hydrogens (tertiary/aromatic N) is 6. The second-order valence-electron chi connectivity index (χ2n) is 7.76. The lowest BCUT2D eigenvalue weighted by atomic mass is 10.0. The van der Waals surface area contributed by atoms with Gasteiger partial charge in [0.1, 0.15) is 5.69 Å². The van der Waals surface area contributed by atoms with Gasteiger partial charge in [0.15, 0.2) is 5.82 Å². The maximum atomic E-state index is 14.8. The van der Waals surface area contributed by atoms with Crippen molar-refractivity contribution in [2.24, 2.45) is 0 Å². The van der Waals surface area contributed by atoms with Gasteiger partial charge in [-0.1, -0.05) is 30.3 Å². The second-order valence-corrected chi connectivity index (χ2v) is 8.81. The standard InChI is InChI=1S/C24H22F2N8S/c1-2-27-12-16-13-29-21(26)11-18(16)17-5-3-4-15-10-20(35-23(15)17)22-19(25)14-30-24(32-22)28-6-8-34-9-7-31-33-34/h3-5,7,9-11,13-14,27H,2,6,8,12H2,1H3,(H,28,30,32). The van der Waals surface area contributed by atoms with E-state index in [2.05, 4.69) is 35.9 Å². The molecule has 5 rings (SSSR count). The number of thiophene rings is 1. The quantitative estimate of drug-likeness (QED) is 0.292. The first kappa shape index (κ1) is 22.9. The Bertz CT molecular complexity index is 1450. The minimum absolute atomic E-state index is 0.212. The molecule has 0 spiro atoms. The third-order valence-corrected chi connectivity index (χ3v) is 6.62. The summed E-state index contributed by atoms with van der Waals surface area (Å²) >= 11 is 1.41. The van der Waals surface area contributed by atoms with E-state index in [1.165, 1.54) is 17.4 Å². The molecule has 35 heavy (non-hydrogen) atoms. The van der Waals surface area contributed by atoms with Crippen LogP contribution in [-0.2, 0) is 13.1 Å². The van der Waals surface area contributed by atoms with Gasteiger partial charge in [0.05, 0.1) is 23.8 Å². The number of anilines is 1. The van der Waals surface area contributed by atoms with E-state index in [1.54, 1.807) is 23.3 Å². The molecule has 0 aliphatic heterocycles. The average molecular weight is 493 g/mol. The molecule has 8 nitrogen and oxygen atoms in total. The zero-order chi connectivity index (χ0) is 24.2. The second kappa shape index (κ2) is 10.2. The Balaban J connectivity index is 1.48. The van der Waals surface area contributed by atoms with Crippen molar-refractivity contribution in [3.05, 3.63) is 72.4 Å². The Morgan fingerprint density at radius 2 is 2.00 bits per heavy atom. The largest absolute Gasteiger partial charge is 0.352 e. The minimum Gasteiger partial charge on any atom is -0.352 e. The van der Waals surface area contributed by atoms with E-state index in [-0.39, 0.29) is 5.69 Å². The van der Waals surface area contributed by atoms with Crippen LogP contribution in [0.2, 0.25) is 0 Å². The number of halogens is 2. The van der Waals surface area contributed by atoms with Crippen molar-refractivity contribution in [3.63, 3.8) is 0 Å². The number of benzene rings is 1. The lowest BCUT2D eigenvalue weighted by Crippen LogP contribution is -2.13. The lowest BCUT2D eigenvalue weighted by molar-refractivity contribution is 0.581. The van der Waals surface area contributed by atoms with Crippen LogP contribution in [0.25, 0.3) is 31.8 Å². The first-order valence-electron chi connectivity index (χ1n) is 11.1. The van der Waals surface area contributed by atoms with Gasteiger partial charge < -0.3 is 10.6 Å².